The van der Waals surface area contributed by atoms with E-state index in [-0.39, 0.29) is 18.9 Å². The zero-order chi connectivity index (χ0) is 12.8. The Morgan fingerprint density at radius 2 is 2.24 bits per heavy atom. The molecule has 0 bridgehead atoms. The van der Waals surface area contributed by atoms with Crippen molar-refractivity contribution in [3.8, 4) is 0 Å². The van der Waals surface area contributed by atoms with Gasteiger partial charge in [-0.3, -0.25) is 4.79 Å². The number of aliphatic hydroxyl groups is 1. The number of amides is 1. The second-order valence-corrected chi connectivity index (χ2v) is 4.37. The van der Waals surface area contributed by atoms with E-state index in [4.69, 9.17) is 5.11 Å². The molecule has 0 saturated carbocycles. The maximum atomic E-state index is 11.5. The van der Waals surface area contributed by atoms with Crippen molar-refractivity contribution in [2.45, 2.75) is 19.8 Å². The summed E-state index contributed by atoms with van der Waals surface area (Å²) in [7, 11) is 1.30. The van der Waals surface area contributed by atoms with Crippen molar-refractivity contribution in [3.63, 3.8) is 0 Å². The fraction of sp³-hybridized carbons (Fsp3) is 0.455. The Morgan fingerprint density at radius 1 is 1.53 bits per heavy atom. The number of carbonyl (C=O) groups is 2. The lowest BCUT2D eigenvalue weighted by atomic mass is 10.2. The van der Waals surface area contributed by atoms with Gasteiger partial charge in [-0.15, -0.1) is 11.3 Å². The predicted octanol–water partition coefficient (Wildman–Crippen LogP) is 1.55. The van der Waals surface area contributed by atoms with Crippen LogP contribution in [-0.2, 0) is 9.53 Å². The first-order valence-electron chi connectivity index (χ1n) is 5.17. The van der Waals surface area contributed by atoms with E-state index >= 15 is 0 Å². The lowest BCUT2D eigenvalue weighted by Crippen LogP contribution is -2.14. The van der Waals surface area contributed by atoms with Gasteiger partial charge in [0.15, 0.2) is 0 Å². The number of methoxy groups -OCH3 is 1. The van der Waals surface area contributed by atoms with Crippen LogP contribution in [0.15, 0.2) is 5.38 Å². The van der Waals surface area contributed by atoms with E-state index in [1.54, 1.807) is 5.38 Å². The molecule has 0 fully saturated rings. The third kappa shape index (κ3) is 3.54. The maximum Gasteiger partial charge on any atom is 0.350 e. The lowest BCUT2D eigenvalue weighted by Gasteiger charge is -2.06. The molecule has 1 amide bonds. The molecule has 0 aliphatic heterocycles. The third-order valence-corrected chi connectivity index (χ3v) is 3.25. The van der Waals surface area contributed by atoms with Gasteiger partial charge in [0.05, 0.1) is 12.8 Å². The molecule has 94 valence electrons. The van der Waals surface area contributed by atoms with Gasteiger partial charge in [-0.25, -0.2) is 4.79 Å². The van der Waals surface area contributed by atoms with Crippen molar-refractivity contribution in [2.24, 2.45) is 0 Å². The van der Waals surface area contributed by atoms with Crippen molar-refractivity contribution in [1.82, 2.24) is 0 Å². The Hall–Kier alpha value is -1.40. The first-order chi connectivity index (χ1) is 8.10. The van der Waals surface area contributed by atoms with Crippen LogP contribution in [0.4, 0.5) is 5.69 Å². The van der Waals surface area contributed by atoms with Gasteiger partial charge in [0.25, 0.3) is 0 Å². The molecule has 0 atom stereocenters. The van der Waals surface area contributed by atoms with E-state index in [1.165, 1.54) is 18.4 Å². The van der Waals surface area contributed by atoms with Crippen molar-refractivity contribution >= 4 is 28.9 Å². The van der Waals surface area contributed by atoms with E-state index in [2.05, 4.69) is 10.1 Å². The van der Waals surface area contributed by atoms with Crippen LogP contribution in [0, 0.1) is 6.92 Å². The molecule has 2 N–H and O–H groups in total. The Bertz CT molecular complexity index is 414. The number of carbonyl (C=O) groups excluding carboxylic acids is 2. The second kappa shape index (κ2) is 6.36. The zero-order valence-electron chi connectivity index (χ0n) is 9.78. The molecule has 0 aromatic carbocycles. The number of thiophene rings is 1. The van der Waals surface area contributed by atoms with E-state index in [9.17, 15) is 9.59 Å². The maximum absolute atomic E-state index is 11.5. The fourth-order valence-corrected chi connectivity index (χ4v) is 2.21. The smallest absolute Gasteiger partial charge is 0.350 e. The molecule has 1 heterocycles. The molecule has 0 unspecified atom stereocenters. The van der Waals surface area contributed by atoms with Gasteiger partial charge in [-0.2, -0.15) is 0 Å². The summed E-state index contributed by atoms with van der Waals surface area (Å²) >= 11 is 1.24. The molecule has 0 spiro atoms. The summed E-state index contributed by atoms with van der Waals surface area (Å²) in [6, 6.07) is 0. The molecule has 1 rings (SSSR count). The molecular formula is C11H15NO4S. The van der Waals surface area contributed by atoms with Gasteiger partial charge >= 0.3 is 5.97 Å². The number of nitrogens with one attached hydrogen (secondary N) is 1. The molecule has 17 heavy (non-hydrogen) atoms. The number of hydrogen-bond acceptors (Lipinski definition) is 5. The monoisotopic (exact) mass is 257 g/mol. The number of anilines is 1. The number of aryl methyl sites for hydroxylation is 1. The third-order valence-electron chi connectivity index (χ3n) is 2.17. The van der Waals surface area contributed by atoms with Crippen LogP contribution >= 0.6 is 11.3 Å². The van der Waals surface area contributed by atoms with E-state index in [0.717, 1.165) is 5.56 Å². The molecule has 0 aliphatic carbocycles. The van der Waals surface area contributed by atoms with E-state index in [1.807, 2.05) is 6.92 Å². The summed E-state index contributed by atoms with van der Waals surface area (Å²) in [4.78, 5) is 23.3. The Kier molecular flexibility index (Phi) is 5.11. The number of rotatable bonds is 5. The fourth-order valence-electron chi connectivity index (χ4n) is 1.28. The Labute approximate surface area is 103 Å². The SMILES string of the molecule is COC(=O)c1scc(C)c1NC(=O)CCCO. The van der Waals surface area contributed by atoms with Gasteiger partial charge in [0, 0.05) is 13.0 Å². The summed E-state index contributed by atoms with van der Waals surface area (Å²) in [5, 5.41) is 13.1. The summed E-state index contributed by atoms with van der Waals surface area (Å²) in [6.45, 7) is 1.78. The molecule has 5 nitrogen and oxygen atoms in total. The molecule has 0 aliphatic rings. The van der Waals surface area contributed by atoms with Crippen LogP contribution in [0.1, 0.15) is 28.1 Å². The van der Waals surface area contributed by atoms with Crippen LogP contribution < -0.4 is 5.32 Å². The first-order valence-corrected chi connectivity index (χ1v) is 6.05. The highest BCUT2D eigenvalue weighted by Crippen LogP contribution is 2.28. The van der Waals surface area contributed by atoms with Gasteiger partial charge < -0.3 is 15.2 Å². The number of esters is 1. The predicted molar refractivity (Wildman–Crippen MR) is 65.3 cm³/mol. The molecular weight excluding hydrogens is 242 g/mol. The van der Waals surface area contributed by atoms with Crippen molar-refractivity contribution in [1.29, 1.82) is 0 Å². The van der Waals surface area contributed by atoms with Gasteiger partial charge in [0.2, 0.25) is 5.91 Å². The van der Waals surface area contributed by atoms with Crippen molar-refractivity contribution < 1.29 is 19.4 Å². The summed E-state index contributed by atoms with van der Waals surface area (Å²) in [5.41, 5.74) is 1.33. The van der Waals surface area contributed by atoms with Crippen molar-refractivity contribution in [3.05, 3.63) is 15.8 Å². The minimum atomic E-state index is -0.458. The number of ether oxygens (including phenoxy) is 1. The highest BCUT2D eigenvalue weighted by Gasteiger charge is 2.18. The van der Waals surface area contributed by atoms with E-state index in [0.29, 0.717) is 17.0 Å². The zero-order valence-corrected chi connectivity index (χ0v) is 10.6. The van der Waals surface area contributed by atoms with Gasteiger partial charge in [0.1, 0.15) is 4.88 Å². The van der Waals surface area contributed by atoms with Crippen LogP contribution in [0.25, 0.3) is 0 Å². The van der Waals surface area contributed by atoms with Crippen LogP contribution in [0.2, 0.25) is 0 Å². The average Bonchev–Trinajstić information content (AvgIpc) is 2.67. The Balaban J connectivity index is 2.79. The van der Waals surface area contributed by atoms with Crippen LogP contribution in [-0.4, -0.2) is 30.7 Å². The average molecular weight is 257 g/mol. The lowest BCUT2D eigenvalue weighted by molar-refractivity contribution is -0.116. The minimum Gasteiger partial charge on any atom is -0.465 e. The Morgan fingerprint density at radius 3 is 2.82 bits per heavy atom. The quantitative estimate of drug-likeness (QED) is 0.785. The highest BCUT2D eigenvalue weighted by molar-refractivity contribution is 7.12. The summed E-state index contributed by atoms with van der Waals surface area (Å²) in [6.07, 6.45) is 0.634. The van der Waals surface area contributed by atoms with Crippen LogP contribution in [0.5, 0.6) is 0 Å². The normalized spacial score (nSPS) is 10.1. The largest absolute Gasteiger partial charge is 0.465 e. The minimum absolute atomic E-state index is 0.0279. The summed E-state index contributed by atoms with van der Waals surface area (Å²) in [5.74, 6) is -0.675. The van der Waals surface area contributed by atoms with Gasteiger partial charge in [-0.05, 0) is 24.3 Å². The molecule has 1 aromatic heterocycles. The molecule has 1 aromatic rings. The number of aliphatic hydroxyl groups excluding tert-OH is 1. The molecule has 0 saturated heterocycles. The standard InChI is InChI=1S/C11H15NO4S/c1-7-6-17-10(11(15)16-2)9(7)12-8(14)4-3-5-13/h6,13H,3-5H2,1-2H3,(H,12,14). The first kappa shape index (κ1) is 13.7. The van der Waals surface area contributed by atoms with Crippen LogP contribution in [0.3, 0.4) is 0 Å². The van der Waals surface area contributed by atoms with E-state index < -0.39 is 5.97 Å². The summed E-state index contributed by atoms with van der Waals surface area (Å²) < 4.78 is 4.63. The highest BCUT2D eigenvalue weighted by atomic mass is 32.1. The molecule has 6 heteroatoms. The molecule has 0 radical (unpaired) electrons. The van der Waals surface area contributed by atoms with Gasteiger partial charge in [-0.1, -0.05) is 0 Å². The van der Waals surface area contributed by atoms with Crippen molar-refractivity contribution in [2.75, 3.05) is 19.0 Å². The number of hydrogen-bond donors (Lipinski definition) is 2. The topological polar surface area (TPSA) is 75.6 Å². The second-order valence-electron chi connectivity index (χ2n) is 3.49.